The SMILES string of the molecule is O=C(/C=C/c1cc(Cl)c2c(c1)OCCCO2)Oc1ccc2c(C(F)(F)F)cc(=O)oc2c1. The van der Waals surface area contributed by atoms with Gasteiger partial charge in [-0.3, -0.25) is 0 Å². The fourth-order valence-corrected chi connectivity index (χ4v) is 3.38. The maximum atomic E-state index is 13.1. The normalized spacial score (nSPS) is 13.9. The second kappa shape index (κ2) is 8.58. The van der Waals surface area contributed by atoms with Crippen molar-refractivity contribution in [2.45, 2.75) is 12.6 Å². The zero-order valence-electron chi connectivity index (χ0n) is 16.2. The lowest BCUT2D eigenvalue weighted by Gasteiger charge is -2.10. The maximum Gasteiger partial charge on any atom is 0.417 e. The molecule has 0 aliphatic carbocycles. The van der Waals surface area contributed by atoms with Crippen LogP contribution in [-0.2, 0) is 11.0 Å². The van der Waals surface area contributed by atoms with Crippen molar-refractivity contribution in [2.75, 3.05) is 13.2 Å². The molecule has 0 amide bonds. The summed E-state index contributed by atoms with van der Waals surface area (Å²) in [5.41, 5.74) is -2.10. The highest BCUT2D eigenvalue weighted by Gasteiger charge is 2.33. The molecule has 2 aromatic carbocycles. The third-order valence-corrected chi connectivity index (χ3v) is 4.76. The molecule has 0 spiro atoms. The molecule has 0 bridgehead atoms. The van der Waals surface area contributed by atoms with Gasteiger partial charge in [0.05, 0.1) is 23.8 Å². The first-order valence-electron chi connectivity index (χ1n) is 9.35. The van der Waals surface area contributed by atoms with Crippen molar-refractivity contribution in [3.63, 3.8) is 0 Å². The Balaban J connectivity index is 1.54. The van der Waals surface area contributed by atoms with Crippen LogP contribution >= 0.6 is 11.6 Å². The third kappa shape index (κ3) is 4.72. The molecule has 0 radical (unpaired) electrons. The van der Waals surface area contributed by atoms with Gasteiger partial charge >= 0.3 is 17.8 Å². The minimum atomic E-state index is -4.74. The molecule has 4 rings (SSSR count). The van der Waals surface area contributed by atoms with E-state index in [9.17, 15) is 22.8 Å². The van der Waals surface area contributed by atoms with Gasteiger partial charge in [0.15, 0.2) is 11.5 Å². The van der Waals surface area contributed by atoms with E-state index in [0.717, 1.165) is 18.2 Å². The van der Waals surface area contributed by atoms with Crippen molar-refractivity contribution < 1.29 is 36.6 Å². The lowest BCUT2D eigenvalue weighted by molar-refractivity contribution is -0.136. The fraction of sp³-hybridized carbons (Fsp3) is 0.182. The summed E-state index contributed by atoms with van der Waals surface area (Å²) in [7, 11) is 0. The molecule has 6 nitrogen and oxygen atoms in total. The third-order valence-electron chi connectivity index (χ3n) is 4.48. The summed E-state index contributed by atoms with van der Waals surface area (Å²) < 4.78 is 60.4. The highest BCUT2D eigenvalue weighted by molar-refractivity contribution is 6.32. The van der Waals surface area contributed by atoms with Gasteiger partial charge in [0, 0.05) is 30.0 Å². The van der Waals surface area contributed by atoms with Crippen LogP contribution in [0.5, 0.6) is 17.2 Å². The highest BCUT2D eigenvalue weighted by atomic mass is 35.5. The smallest absolute Gasteiger partial charge is 0.417 e. The summed E-state index contributed by atoms with van der Waals surface area (Å²) >= 11 is 6.21. The molecular weight excluding hydrogens is 453 g/mol. The van der Waals surface area contributed by atoms with Crippen LogP contribution in [0.25, 0.3) is 17.0 Å². The van der Waals surface area contributed by atoms with E-state index in [4.69, 9.17) is 30.2 Å². The van der Waals surface area contributed by atoms with Gasteiger partial charge in [0.2, 0.25) is 0 Å². The number of hydrogen-bond acceptors (Lipinski definition) is 6. The molecule has 166 valence electrons. The molecule has 1 aliphatic rings. The first kappa shape index (κ1) is 21.8. The Morgan fingerprint density at radius 2 is 1.88 bits per heavy atom. The first-order valence-corrected chi connectivity index (χ1v) is 9.73. The van der Waals surface area contributed by atoms with E-state index in [2.05, 4.69) is 0 Å². The summed E-state index contributed by atoms with van der Waals surface area (Å²) in [6, 6.07) is 6.89. The van der Waals surface area contributed by atoms with Crippen LogP contribution in [0.15, 0.2) is 51.7 Å². The molecule has 0 saturated carbocycles. The zero-order chi connectivity index (χ0) is 22.9. The van der Waals surface area contributed by atoms with E-state index in [1.165, 1.54) is 12.1 Å². The molecule has 0 fully saturated rings. The van der Waals surface area contributed by atoms with E-state index in [1.54, 1.807) is 12.1 Å². The lowest BCUT2D eigenvalue weighted by atomic mass is 10.1. The average molecular weight is 467 g/mol. The summed E-state index contributed by atoms with van der Waals surface area (Å²) in [5.74, 6) is -0.0129. The van der Waals surface area contributed by atoms with Gasteiger partial charge in [-0.15, -0.1) is 0 Å². The summed E-state index contributed by atoms with van der Waals surface area (Å²) in [5, 5.41) is -0.00303. The molecule has 0 saturated heterocycles. The van der Waals surface area contributed by atoms with E-state index in [0.29, 0.717) is 47.8 Å². The Labute approximate surface area is 183 Å². The van der Waals surface area contributed by atoms with Gasteiger partial charge in [0.1, 0.15) is 11.3 Å². The number of carbonyl (C=O) groups excluding carboxylic acids is 1. The minimum Gasteiger partial charge on any atom is -0.489 e. The molecule has 0 unspecified atom stereocenters. The predicted molar refractivity (Wildman–Crippen MR) is 109 cm³/mol. The van der Waals surface area contributed by atoms with Crippen molar-refractivity contribution in [3.8, 4) is 17.2 Å². The zero-order valence-corrected chi connectivity index (χ0v) is 17.0. The van der Waals surface area contributed by atoms with Crippen molar-refractivity contribution in [3.05, 3.63) is 69.0 Å². The highest BCUT2D eigenvalue weighted by Crippen LogP contribution is 2.38. The van der Waals surface area contributed by atoms with Crippen molar-refractivity contribution in [1.82, 2.24) is 0 Å². The number of alkyl halides is 3. The number of esters is 1. The van der Waals surface area contributed by atoms with Gasteiger partial charge < -0.3 is 18.6 Å². The van der Waals surface area contributed by atoms with Crippen LogP contribution in [0.3, 0.4) is 0 Å². The Bertz CT molecular complexity index is 1280. The number of benzene rings is 2. The van der Waals surface area contributed by atoms with E-state index in [1.807, 2.05) is 0 Å². The second-order valence-electron chi connectivity index (χ2n) is 6.77. The monoisotopic (exact) mass is 466 g/mol. The molecule has 3 aromatic rings. The largest absolute Gasteiger partial charge is 0.489 e. The number of ether oxygens (including phenoxy) is 3. The van der Waals surface area contributed by atoms with Gasteiger partial charge in [-0.05, 0) is 35.9 Å². The summed E-state index contributed by atoms with van der Waals surface area (Å²) in [6.07, 6.45) is -1.48. The van der Waals surface area contributed by atoms with E-state index >= 15 is 0 Å². The van der Waals surface area contributed by atoms with Gasteiger partial charge in [-0.25, -0.2) is 9.59 Å². The Hall–Kier alpha value is -3.46. The Morgan fingerprint density at radius 3 is 2.66 bits per heavy atom. The second-order valence-corrected chi connectivity index (χ2v) is 7.18. The number of rotatable bonds is 3. The van der Waals surface area contributed by atoms with E-state index in [-0.39, 0.29) is 16.7 Å². The molecule has 2 heterocycles. The van der Waals surface area contributed by atoms with Crippen molar-refractivity contribution >= 4 is 34.6 Å². The summed E-state index contributed by atoms with van der Waals surface area (Å²) in [6.45, 7) is 0.942. The Kier molecular flexibility index (Phi) is 5.84. The lowest BCUT2D eigenvalue weighted by Crippen LogP contribution is -2.11. The van der Waals surface area contributed by atoms with Crippen LogP contribution < -0.4 is 19.8 Å². The van der Waals surface area contributed by atoms with Crippen LogP contribution in [0.2, 0.25) is 5.02 Å². The quantitative estimate of drug-likeness (QED) is 0.227. The van der Waals surface area contributed by atoms with Crippen molar-refractivity contribution in [1.29, 1.82) is 0 Å². The maximum absolute atomic E-state index is 13.1. The molecule has 0 atom stereocenters. The molecular formula is C22H14ClF3O6. The number of carbonyl (C=O) groups is 1. The van der Waals surface area contributed by atoms with Crippen molar-refractivity contribution in [2.24, 2.45) is 0 Å². The molecule has 32 heavy (non-hydrogen) atoms. The predicted octanol–water partition coefficient (Wildman–Crippen LogP) is 5.25. The molecule has 0 N–H and O–H groups in total. The van der Waals surface area contributed by atoms with Crippen LogP contribution in [0, 0.1) is 0 Å². The fourth-order valence-electron chi connectivity index (χ4n) is 3.10. The number of fused-ring (bicyclic) bond motifs is 2. The number of halogens is 4. The van der Waals surface area contributed by atoms with E-state index < -0.39 is 23.3 Å². The molecule has 10 heteroatoms. The van der Waals surface area contributed by atoms with Gasteiger partial charge in [-0.2, -0.15) is 13.2 Å². The van der Waals surface area contributed by atoms with Crippen LogP contribution in [0.1, 0.15) is 17.5 Å². The average Bonchev–Trinajstić information content (AvgIpc) is 2.97. The van der Waals surface area contributed by atoms with Gasteiger partial charge in [0.25, 0.3) is 0 Å². The first-order chi connectivity index (χ1) is 15.2. The standard InChI is InChI=1S/C22H14ClF3O6/c23-16-8-12(9-18-21(16)30-7-1-6-29-18)2-5-19(27)31-13-3-4-14-15(22(24,25)26)11-20(28)32-17(14)10-13/h2-5,8-11H,1,6-7H2/b5-2+. The summed E-state index contributed by atoms with van der Waals surface area (Å²) in [4.78, 5) is 23.7. The van der Waals surface area contributed by atoms with Gasteiger partial charge in [-0.1, -0.05) is 11.6 Å². The molecule has 1 aromatic heterocycles. The van der Waals surface area contributed by atoms with Crippen LogP contribution in [-0.4, -0.2) is 19.2 Å². The van der Waals surface area contributed by atoms with Crippen LogP contribution in [0.4, 0.5) is 13.2 Å². The Morgan fingerprint density at radius 1 is 1.09 bits per heavy atom. The topological polar surface area (TPSA) is 75.0 Å². The minimum absolute atomic E-state index is 0.0914. The number of hydrogen-bond donors (Lipinski definition) is 0. The molecule has 1 aliphatic heterocycles.